The van der Waals surface area contributed by atoms with Gasteiger partial charge < -0.3 is 5.11 Å². The first-order valence-corrected chi connectivity index (χ1v) is 8.96. The normalized spacial score (nSPS) is 26.5. The van der Waals surface area contributed by atoms with Gasteiger partial charge in [-0.25, -0.2) is 8.42 Å². The van der Waals surface area contributed by atoms with Gasteiger partial charge in [-0.2, -0.15) is 5.26 Å². The van der Waals surface area contributed by atoms with Crippen LogP contribution in [0, 0.1) is 16.7 Å². The number of hydrogen-bond donors (Lipinski definition) is 1. The lowest BCUT2D eigenvalue weighted by molar-refractivity contribution is 0.242. The van der Waals surface area contributed by atoms with E-state index in [1.54, 1.807) is 42.5 Å². The Bertz CT molecular complexity index is 876. The minimum atomic E-state index is -3.73. The lowest BCUT2D eigenvalue weighted by atomic mass is 10.0. The van der Waals surface area contributed by atoms with Crippen molar-refractivity contribution in [2.75, 3.05) is 6.61 Å². The molecule has 3 rings (SSSR count). The molecule has 1 aliphatic carbocycles. The third-order valence-corrected chi connectivity index (χ3v) is 6.87. The molecule has 2 aromatic carbocycles. The Balaban J connectivity index is 2.10. The van der Waals surface area contributed by atoms with Crippen molar-refractivity contribution in [2.24, 2.45) is 5.41 Å². The maximum absolute atomic E-state index is 12.9. The first kappa shape index (κ1) is 16.0. The van der Waals surface area contributed by atoms with Crippen LogP contribution in [-0.4, -0.2) is 25.4 Å². The summed E-state index contributed by atoms with van der Waals surface area (Å²) in [6, 6.07) is 16.8. The van der Waals surface area contributed by atoms with Gasteiger partial charge in [0, 0.05) is 10.9 Å². The van der Waals surface area contributed by atoms with Gasteiger partial charge >= 0.3 is 0 Å². The number of aliphatic hydroxyl groups is 1. The van der Waals surface area contributed by atoms with Crippen molar-refractivity contribution >= 4 is 21.4 Å². The molecule has 118 valence electrons. The van der Waals surface area contributed by atoms with Gasteiger partial charge in [-0.1, -0.05) is 41.9 Å². The molecular formula is C17H14ClNO3S. The summed E-state index contributed by atoms with van der Waals surface area (Å²) in [4.78, 5) is 0.155. The largest absolute Gasteiger partial charge is 0.395 e. The Labute approximate surface area is 139 Å². The fourth-order valence-electron chi connectivity index (χ4n) is 3.15. The van der Waals surface area contributed by atoms with Crippen LogP contribution in [0.2, 0.25) is 5.02 Å². The fourth-order valence-corrected chi connectivity index (χ4v) is 5.68. The molecule has 0 unspecified atom stereocenters. The smallest absolute Gasteiger partial charge is 0.183 e. The highest BCUT2D eigenvalue weighted by molar-refractivity contribution is 7.92. The number of benzene rings is 2. The van der Waals surface area contributed by atoms with Gasteiger partial charge in [0.1, 0.15) is 5.41 Å². The molecular weight excluding hydrogens is 334 g/mol. The molecule has 0 saturated heterocycles. The lowest BCUT2D eigenvalue weighted by Crippen LogP contribution is -2.18. The number of nitriles is 1. The zero-order valence-electron chi connectivity index (χ0n) is 12.1. The first-order valence-electron chi connectivity index (χ1n) is 7.04. The minimum absolute atomic E-state index is 0.155. The van der Waals surface area contributed by atoms with Crippen LogP contribution in [0.5, 0.6) is 0 Å². The van der Waals surface area contributed by atoms with Crippen LogP contribution in [-0.2, 0) is 9.84 Å². The van der Waals surface area contributed by atoms with Crippen molar-refractivity contribution in [3.05, 3.63) is 65.2 Å². The molecule has 1 fully saturated rings. The highest BCUT2D eigenvalue weighted by atomic mass is 35.5. The van der Waals surface area contributed by atoms with Crippen LogP contribution < -0.4 is 0 Å². The average Bonchev–Trinajstić information content (AvgIpc) is 3.26. The maximum Gasteiger partial charge on any atom is 0.183 e. The molecule has 6 heteroatoms. The molecule has 2 aromatic rings. The molecule has 0 aromatic heterocycles. The van der Waals surface area contributed by atoms with E-state index in [9.17, 15) is 18.8 Å². The summed E-state index contributed by atoms with van der Waals surface area (Å²) >= 11 is 5.98. The van der Waals surface area contributed by atoms with E-state index in [4.69, 9.17) is 11.6 Å². The fraction of sp³-hybridized carbons (Fsp3) is 0.235. The maximum atomic E-state index is 12.9. The number of nitrogens with zero attached hydrogens (tertiary/aromatic N) is 1. The molecule has 1 aliphatic rings. The minimum Gasteiger partial charge on any atom is -0.395 e. The SMILES string of the molecule is N#C[C@@]1(CO)[C@H](c2cccc(Cl)c2)[C@@H]1S(=O)(=O)c1ccccc1. The Hall–Kier alpha value is -1.87. The highest BCUT2D eigenvalue weighted by Gasteiger charge is 2.72. The molecule has 0 radical (unpaired) electrons. The number of hydrogen-bond acceptors (Lipinski definition) is 4. The number of rotatable bonds is 4. The van der Waals surface area contributed by atoms with E-state index in [0.717, 1.165) is 0 Å². The number of aliphatic hydroxyl groups excluding tert-OH is 1. The first-order chi connectivity index (χ1) is 11.0. The summed E-state index contributed by atoms with van der Waals surface area (Å²) in [5.74, 6) is -0.596. The van der Waals surface area contributed by atoms with Crippen molar-refractivity contribution < 1.29 is 13.5 Å². The molecule has 4 nitrogen and oxygen atoms in total. The number of sulfone groups is 1. The topological polar surface area (TPSA) is 78.2 Å². The molecule has 23 heavy (non-hydrogen) atoms. The Kier molecular flexibility index (Phi) is 3.93. The van der Waals surface area contributed by atoms with Crippen LogP contribution in [0.1, 0.15) is 11.5 Å². The molecule has 3 atom stereocenters. The highest BCUT2D eigenvalue weighted by Crippen LogP contribution is 2.63. The lowest BCUT2D eigenvalue weighted by Gasteiger charge is -2.05. The van der Waals surface area contributed by atoms with Gasteiger partial charge in [-0.15, -0.1) is 0 Å². The van der Waals surface area contributed by atoms with Crippen molar-refractivity contribution in [1.29, 1.82) is 5.26 Å². The molecule has 1 N–H and O–H groups in total. The van der Waals surface area contributed by atoms with Crippen LogP contribution in [0.25, 0.3) is 0 Å². The van der Waals surface area contributed by atoms with Gasteiger partial charge in [0.25, 0.3) is 0 Å². The van der Waals surface area contributed by atoms with Gasteiger partial charge in [0.05, 0.1) is 22.8 Å². The summed E-state index contributed by atoms with van der Waals surface area (Å²) in [6.45, 7) is -0.516. The van der Waals surface area contributed by atoms with Crippen molar-refractivity contribution in [3.8, 4) is 6.07 Å². The second kappa shape index (κ2) is 5.64. The standard InChI is InChI=1S/C17H14ClNO3S/c18-13-6-4-5-12(9-13)15-16(17(15,10-19)11-20)23(21,22)14-7-2-1-3-8-14/h1-9,15-16,20H,11H2/t15-,16+,17-/m1/s1. The van der Waals surface area contributed by atoms with Crippen LogP contribution in [0.15, 0.2) is 59.5 Å². The van der Waals surface area contributed by atoms with E-state index in [0.29, 0.717) is 10.6 Å². The van der Waals surface area contributed by atoms with Crippen LogP contribution in [0.4, 0.5) is 0 Å². The Morgan fingerprint density at radius 1 is 1.17 bits per heavy atom. The zero-order chi connectivity index (χ0) is 16.7. The molecule has 0 bridgehead atoms. The number of halogens is 1. The van der Waals surface area contributed by atoms with Crippen molar-refractivity contribution in [2.45, 2.75) is 16.1 Å². The summed E-state index contributed by atoms with van der Waals surface area (Å²) in [5.41, 5.74) is -0.683. The quantitative estimate of drug-likeness (QED) is 0.922. The van der Waals surface area contributed by atoms with E-state index in [1.165, 1.54) is 12.1 Å². The zero-order valence-corrected chi connectivity index (χ0v) is 13.6. The molecule has 1 saturated carbocycles. The Morgan fingerprint density at radius 3 is 2.43 bits per heavy atom. The van der Waals surface area contributed by atoms with Gasteiger partial charge in [0.2, 0.25) is 0 Å². The van der Waals surface area contributed by atoms with Crippen LogP contribution in [0.3, 0.4) is 0 Å². The third-order valence-electron chi connectivity index (χ3n) is 4.34. The summed E-state index contributed by atoms with van der Waals surface area (Å²) in [5, 5.41) is 18.7. The predicted molar refractivity (Wildman–Crippen MR) is 86.7 cm³/mol. The monoisotopic (exact) mass is 347 g/mol. The van der Waals surface area contributed by atoms with Gasteiger partial charge in [0.15, 0.2) is 9.84 Å². The predicted octanol–water partition coefficient (Wildman–Crippen LogP) is 2.78. The summed E-state index contributed by atoms with van der Waals surface area (Å²) in [7, 11) is -3.73. The van der Waals surface area contributed by atoms with E-state index < -0.39 is 33.0 Å². The van der Waals surface area contributed by atoms with E-state index in [1.807, 2.05) is 6.07 Å². The molecule has 0 aliphatic heterocycles. The van der Waals surface area contributed by atoms with Gasteiger partial charge in [-0.05, 0) is 29.8 Å². The second-order valence-electron chi connectivity index (χ2n) is 5.62. The Morgan fingerprint density at radius 2 is 1.87 bits per heavy atom. The molecule has 0 heterocycles. The third kappa shape index (κ3) is 2.43. The van der Waals surface area contributed by atoms with Crippen molar-refractivity contribution in [1.82, 2.24) is 0 Å². The summed E-state index contributed by atoms with van der Waals surface area (Å²) < 4.78 is 25.8. The van der Waals surface area contributed by atoms with Crippen molar-refractivity contribution in [3.63, 3.8) is 0 Å². The van der Waals surface area contributed by atoms with Gasteiger partial charge in [-0.3, -0.25) is 0 Å². The summed E-state index contributed by atoms with van der Waals surface area (Å²) in [6.07, 6.45) is 0. The van der Waals surface area contributed by atoms with E-state index in [-0.39, 0.29) is 4.90 Å². The average molecular weight is 348 g/mol. The van der Waals surface area contributed by atoms with E-state index >= 15 is 0 Å². The second-order valence-corrected chi connectivity index (χ2v) is 8.13. The molecule has 0 amide bonds. The van der Waals surface area contributed by atoms with Crippen LogP contribution >= 0.6 is 11.6 Å². The molecule has 0 spiro atoms. The van der Waals surface area contributed by atoms with E-state index in [2.05, 4.69) is 0 Å².